The molecule has 2 rings (SSSR count). The Bertz CT molecular complexity index is 556. The van der Waals surface area contributed by atoms with Crippen molar-refractivity contribution in [1.82, 2.24) is 5.32 Å². The average molecular weight is 311 g/mol. The number of carbonyl (C=O) groups excluding carboxylic acids is 1. The number of sulfone groups is 1. The van der Waals surface area contributed by atoms with Crippen molar-refractivity contribution >= 4 is 15.9 Å². The highest BCUT2D eigenvalue weighted by molar-refractivity contribution is 7.91. The van der Waals surface area contributed by atoms with Crippen molar-refractivity contribution in [3.8, 4) is 0 Å². The van der Waals surface area contributed by atoms with E-state index in [2.05, 4.69) is 5.32 Å². The molecule has 1 heterocycles. The van der Waals surface area contributed by atoms with Gasteiger partial charge in [0, 0.05) is 6.54 Å². The summed E-state index contributed by atoms with van der Waals surface area (Å²) in [7, 11) is -2.80. The van der Waals surface area contributed by atoms with Crippen molar-refractivity contribution in [1.29, 1.82) is 0 Å². The zero-order valence-electron chi connectivity index (χ0n) is 12.0. The molecule has 116 valence electrons. The molecule has 1 aromatic rings. The number of nitrogens with one attached hydrogen (secondary N) is 1. The lowest BCUT2D eigenvalue weighted by Crippen LogP contribution is -2.25. The molecule has 1 N–H and O–H groups in total. The van der Waals surface area contributed by atoms with E-state index in [9.17, 15) is 13.2 Å². The van der Waals surface area contributed by atoms with E-state index in [0.717, 1.165) is 24.8 Å². The second-order valence-electron chi connectivity index (χ2n) is 5.40. The molecule has 1 amide bonds. The number of benzene rings is 1. The minimum Gasteiger partial charge on any atom is -0.445 e. The molecule has 0 bridgehead atoms. The van der Waals surface area contributed by atoms with Crippen molar-refractivity contribution in [2.24, 2.45) is 5.92 Å². The lowest BCUT2D eigenvalue weighted by atomic mass is 10.0. The van der Waals surface area contributed by atoms with Crippen LogP contribution in [0.25, 0.3) is 0 Å². The highest BCUT2D eigenvalue weighted by Crippen LogP contribution is 2.22. The fourth-order valence-electron chi connectivity index (χ4n) is 2.46. The van der Waals surface area contributed by atoms with Crippen molar-refractivity contribution in [3.63, 3.8) is 0 Å². The van der Waals surface area contributed by atoms with Crippen LogP contribution in [0.2, 0.25) is 0 Å². The van der Waals surface area contributed by atoms with Crippen LogP contribution in [-0.4, -0.2) is 32.6 Å². The van der Waals surface area contributed by atoms with Crippen LogP contribution in [-0.2, 0) is 21.2 Å². The third kappa shape index (κ3) is 5.75. The summed E-state index contributed by atoms with van der Waals surface area (Å²) in [5.74, 6) is 0.854. The molecular weight excluding hydrogens is 290 g/mol. The Labute approximate surface area is 125 Å². The molecule has 1 aliphatic heterocycles. The first-order chi connectivity index (χ1) is 10.1. The Hall–Kier alpha value is -1.56. The van der Waals surface area contributed by atoms with E-state index < -0.39 is 15.9 Å². The quantitative estimate of drug-likeness (QED) is 0.817. The molecular formula is C15H21NO4S. The summed E-state index contributed by atoms with van der Waals surface area (Å²) in [4.78, 5) is 11.5. The van der Waals surface area contributed by atoms with Gasteiger partial charge in [0.25, 0.3) is 0 Å². The normalized spacial score (nSPS) is 20.1. The summed E-state index contributed by atoms with van der Waals surface area (Å²) in [5, 5.41) is 2.69. The van der Waals surface area contributed by atoms with Crippen LogP contribution in [0, 0.1) is 5.92 Å². The van der Waals surface area contributed by atoms with Crippen molar-refractivity contribution in [2.45, 2.75) is 25.9 Å². The van der Waals surface area contributed by atoms with Gasteiger partial charge in [0.15, 0.2) is 9.84 Å². The van der Waals surface area contributed by atoms with Crippen LogP contribution in [0.1, 0.15) is 24.8 Å². The standard InChI is InChI=1S/C15H21NO4S/c17-15(20-11-13-5-2-1-3-6-13)16-9-4-7-14-8-10-21(18,19)12-14/h1-3,5-6,14H,4,7-12H2,(H,16,17). The van der Waals surface area contributed by atoms with E-state index in [4.69, 9.17) is 4.74 Å². The Kier molecular flexibility index (Phi) is 5.61. The van der Waals surface area contributed by atoms with E-state index in [1.165, 1.54) is 0 Å². The average Bonchev–Trinajstić information content (AvgIpc) is 2.82. The number of carbonyl (C=O) groups is 1. The number of hydrogen-bond acceptors (Lipinski definition) is 4. The summed E-state index contributed by atoms with van der Waals surface area (Å²) in [6.45, 7) is 0.776. The van der Waals surface area contributed by atoms with E-state index in [-0.39, 0.29) is 12.5 Å². The van der Waals surface area contributed by atoms with Crippen molar-refractivity contribution in [2.75, 3.05) is 18.1 Å². The highest BCUT2D eigenvalue weighted by Gasteiger charge is 2.27. The molecule has 1 unspecified atom stereocenters. The first-order valence-electron chi connectivity index (χ1n) is 7.20. The molecule has 0 saturated carbocycles. The zero-order valence-corrected chi connectivity index (χ0v) is 12.8. The van der Waals surface area contributed by atoms with Crippen LogP contribution >= 0.6 is 0 Å². The molecule has 21 heavy (non-hydrogen) atoms. The summed E-state index contributed by atoms with van der Waals surface area (Å²) in [6.07, 6.45) is 1.93. The van der Waals surface area contributed by atoms with E-state index >= 15 is 0 Å². The van der Waals surface area contributed by atoms with Crippen molar-refractivity contribution in [3.05, 3.63) is 35.9 Å². The maximum Gasteiger partial charge on any atom is 0.407 e. The fraction of sp³-hybridized carbons (Fsp3) is 0.533. The molecule has 0 radical (unpaired) electrons. The second-order valence-corrected chi connectivity index (χ2v) is 7.63. The fourth-order valence-corrected chi connectivity index (χ4v) is 4.37. The molecule has 1 saturated heterocycles. The molecule has 1 aliphatic rings. The van der Waals surface area contributed by atoms with Crippen LogP contribution in [0.4, 0.5) is 4.79 Å². The van der Waals surface area contributed by atoms with Gasteiger partial charge in [-0.2, -0.15) is 0 Å². The van der Waals surface area contributed by atoms with Gasteiger partial charge in [-0.1, -0.05) is 30.3 Å². The van der Waals surface area contributed by atoms with Gasteiger partial charge in [0.05, 0.1) is 11.5 Å². The first kappa shape index (κ1) is 15.8. The third-order valence-electron chi connectivity index (χ3n) is 3.60. The Morgan fingerprint density at radius 3 is 2.71 bits per heavy atom. The van der Waals surface area contributed by atoms with Crippen LogP contribution in [0.3, 0.4) is 0 Å². The molecule has 1 atom stereocenters. The number of rotatable bonds is 6. The zero-order chi connectivity index (χ0) is 15.1. The van der Waals surface area contributed by atoms with Gasteiger partial charge in [0.1, 0.15) is 6.61 Å². The van der Waals surface area contributed by atoms with Gasteiger partial charge in [0.2, 0.25) is 0 Å². The van der Waals surface area contributed by atoms with Gasteiger partial charge in [-0.15, -0.1) is 0 Å². The van der Waals surface area contributed by atoms with Crippen molar-refractivity contribution < 1.29 is 17.9 Å². The molecule has 6 heteroatoms. The van der Waals surface area contributed by atoms with Gasteiger partial charge in [-0.25, -0.2) is 13.2 Å². The third-order valence-corrected chi connectivity index (χ3v) is 5.43. The van der Waals surface area contributed by atoms with Crippen LogP contribution in [0.15, 0.2) is 30.3 Å². The van der Waals surface area contributed by atoms with Gasteiger partial charge >= 0.3 is 6.09 Å². The predicted molar refractivity (Wildman–Crippen MR) is 80.6 cm³/mol. The van der Waals surface area contributed by atoms with E-state index in [1.54, 1.807) is 0 Å². The van der Waals surface area contributed by atoms with Crippen LogP contribution in [0.5, 0.6) is 0 Å². The summed E-state index contributed by atoms with van der Waals surface area (Å²) < 4.78 is 27.7. The lowest BCUT2D eigenvalue weighted by molar-refractivity contribution is 0.139. The smallest absolute Gasteiger partial charge is 0.407 e. The monoisotopic (exact) mass is 311 g/mol. The number of ether oxygens (including phenoxy) is 1. The number of amides is 1. The minimum atomic E-state index is -2.80. The second kappa shape index (κ2) is 7.45. The van der Waals surface area contributed by atoms with Gasteiger partial charge in [-0.05, 0) is 30.7 Å². The maximum absolute atomic E-state index is 11.5. The summed E-state index contributed by atoms with van der Waals surface area (Å²) in [6, 6.07) is 9.49. The van der Waals surface area contributed by atoms with Gasteiger partial charge in [-0.3, -0.25) is 0 Å². The number of alkyl carbamates (subject to hydrolysis) is 1. The van der Waals surface area contributed by atoms with Gasteiger partial charge < -0.3 is 10.1 Å². The van der Waals surface area contributed by atoms with E-state index in [1.807, 2.05) is 30.3 Å². The molecule has 0 aromatic heterocycles. The Morgan fingerprint density at radius 2 is 2.05 bits per heavy atom. The summed E-state index contributed by atoms with van der Waals surface area (Å²) >= 11 is 0. The molecule has 0 aliphatic carbocycles. The van der Waals surface area contributed by atoms with E-state index in [0.29, 0.717) is 18.1 Å². The molecule has 1 fully saturated rings. The highest BCUT2D eigenvalue weighted by atomic mass is 32.2. The SMILES string of the molecule is O=C(NCCCC1CCS(=O)(=O)C1)OCc1ccccc1. The Balaban J connectivity index is 1.55. The predicted octanol–water partition coefficient (Wildman–Crippen LogP) is 2.13. The molecule has 1 aromatic carbocycles. The number of hydrogen-bond donors (Lipinski definition) is 1. The largest absolute Gasteiger partial charge is 0.445 e. The topological polar surface area (TPSA) is 72.5 Å². The first-order valence-corrected chi connectivity index (χ1v) is 9.02. The Morgan fingerprint density at radius 1 is 1.29 bits per heavy atom. The lowest BCUT2D eigenvalue weighted by Gasteiger charge is -2.09. The maximum atomic E-state index is 11.5. The molecule has 5 nitrogen and oxygen atoms in total. The van der Waals surface area contributed by atoms with Crippen LogP contribution < -0.4 is 5.32 Å². The summed E-state index contributed by atoms with van der Waals surface area (Å²) in [5.41, 5.74) is 0.948. The minimum absolute atomic E-state index is 0.247. The molecule has 0 spiro atoms.